The van der Waals surface area contributed by atoms with E-state index in [9.17, 15) is 0 Å². The predicted molar refractivity (Wildman–Crippen MR) is 253 cm³/mol. The van der Waals surface area contributed by atoms with Gasteiger partial charge in [-0.15, -0.1) is 11.3 Å². The molecule has 0 radical (unpaired) electrons. The molecular weight excluding hydrogens is 731 g/mol. The molecule has 0 aliphatic heterocycles. The molecule has 0 saturated carbocycles. The van der Waals surface area contributed by atoms with Gasteiger partial charge in [0.2, 0.25) is 0 Å². The summed E-state index contributed by atoms with van der Waals surface area (Å²) in [5.74, 6) is 0. The highest BCUT2D eigenvalue weighted by atomic mass is 32.1. The van der Waals surface area contributed by atoms with E-state index < -0.39 is 0 Å². The van der Waals surface area contributed by atoms with Crippen molar-refractivity contribution in [2.75, 3.05) is 4.90 Å². The highest BCUT2D eigenvalue weighted by Gasteiger charge is 2.36. The molecule has 10 aromatic rings. The van der Waals surface area contributed by atoms with Crippen LogP contribution in [0.15, 0.2) is 212 Å². The summed E-state index contributed by atoms with van der Waals surface area (Å²) >= 11 is 1.89. The number of rotatable bonds is 7. The van der Waals surface area contributed by atoms with Gasteiger partial charge in [-0.25, -0.2) is 0 Å². The van der Waals surface area contributed by atoms with Crippen LogP contribution in [0.1, 0.15) is 25.0 Å². The number of fused-ring (bicyclic) bond motifs is 6. The van der Waals surface area contributed by atoms with Crippen LogP contribution in [0, 0.1) is 0 Å². The second kappa shape index (κ2) is 14.1. The van der Waals surface area contributed by atoms with Gasteiger partial charge in [0, 0.05) is 48.1 Å². The third-order valence-corrected chi connectivity index (χ3v) is 13.5. The van der Waals surface area contributed by atoms with Gasteiger partial charge < -0.3 is 4.90 Å². The highest BCUT2D eigenvalue weighted by Crippen LogP contribution is 2.53. The fraction of sp³-hybridized carbons (Fsp3) is 0.0526. The molecule has 1 heterocycles. The van der Waals surface area contributed by atoms with Crippen LogP contribution in [0.25, 0.3) is 75.8 Å². The van der Waals surface area contributed by atoms with E-state index in [0.717, 1.165) is 17.1 Å². The van der Waals surface area contributed by atoms with Crippen molar-refractivity contribution in [3.8, 4) is 55.6 Å². The zero-order valence-corrected chi connectivity index (χ0v) is 33.9. The summed E-state index contributed by atoms with van der Waals surface area (Å²) < 4.78 is 2.60. The lowest BCUT2D eigenvalue weighted by atomic mass is 9.82. The summed E-state index contributed by atoms with van der Waals surface area (Å²) in [7, 11) is 0. The van der Waals surface area contributed by atoms with Crippen molar-refractivity contribution >= 4 is 48.6 Å². The van der Waals surface area contributed by atoms with Crippen molar-refractivity contribution in [1.82, 2.24) is 0 Å². The molecule has 0 spiro atoms. The van der Waals surface area contributed by atoms with Crippen LogP contribution in [0.3, 0.4) is 0 Å². The van der Waals surface area contributed by atoms with Crippen molar-refractivity contribution in [2.24, 2.45) is 0 Å². The van der Waals surface area contributed by atoms with E-state index in [1.54, 1.807) is 0 Å². The van der Waals surface area contributed by atoms with Crippen LogP contribution in [0.2, 0.25) is 0 Å². The summed E-state index contributed by atoms with van der Waals surface area (Å²) in [5, 5.41) is 2.55. The lowest BCUT2D eigenvalue weighted by Gasteiger charge is -2.30. The zero-order valence-electron chi connectivity index (χ0n) is 33.1. The zero-order chi connectivity index (χ0) is 39.5. The largest absolute Gasteiger partial charge is 0.310 e. The Balaban J connectivity index is 1.19. The minimum absolute atomic E-state index is 0.147. The standard InChI is InChI=1S/C57H41NS/c1-57(2)52-24-14-12-22-46(52)47-32-31-44(37-53(47)57)58(54-33-30-43(39-18-8-4-9-19-39)34-49(54)41-20-10-5-11-21-41)45-35-50(56-51(36-45)48-23-13-15-25-55(48)59-56)42-28-26-40(27-29-42)38-16-6-3-7-17-38/h3-37H,1-2H3. The summed E-state index contributed by atoms with van der Waals surface area (Å²) in [4.78, 5) is 2.52. The molecule has 11 rings (SSSR count). The Morgan fingerprint density at radius 2 is 0.915 bits per heavy atom. The Labute approximate surface area is 350 Å². The Morgan fingerprint density at radius 1 is 0.356 bits per heavy atom. The van der Waals surface area contributed by atoms with Crippen LogP contribution in [0.4, 0.5) is 17.1 Å². The molecule has 0 saturated heterocycles. The van der Waals surface area contributed by atoms with Gasteiger partial charge in [0.25, 0.3) is 0 Å². The molecule has 59 heavy (non-hydrogen) atoms. The molecule has 1 aliphatic carbocycles. The maximum Gasteiger partial charge on any atom is 0.0540 e. The average molecular weight is 772 g/mol. The molecule has 1 aromatic heterocycles. The van der Waals surface area contributed by atoms with E-state index in [4.69, 9.17) is 0 Å². The van der Waals surface area contributed by atoms with E-state index in [1.165, 1.54) is 86.9 Å². The van der Waals surface area contributed by atoms with Crippen LogP contribution < -0.4 is 4.90 Å². The van der Waals surface area contributed by atoms with Gasteiger partial charge in [-0.2, -0.15) is 0 Å². The lowest BCUT2D eigenvalue weighted by molar-refractivity contribution is 0.660. The quantitative estimate of drug-likeness (QED) is 0.156. The first kappa shape index (κ1) is 35.2. The fourth-order valence-corrected chi connectivity index (χ4v) is 10.5. The lowest BCUT2D eigenvalue weighted by Crippen LogP contribution is -2.17. The van der Waals surface area contributed by atoms with Crippen LogP contribution in [-0.4, -0.2) is 0 Å². The number of thiophene rings is 1. The van der Waals surface area contributed by atoms with Gasteiger partial charge in [-0.1, -0.05) is 184 Å². The van der Waals surface area contributed by atoms with Crippen molar-refractivity contribution in [2.45, 2.75) is 19.3 Å². The SMILES string of the molecule is CC1(C)c2ccccc2-c2ccc(N(c3cc(-c4ccc(-c5ccccc5)cc4)c4sc5ccccc5c4c3)c3ccc(-c4ccccc4)cc3-c3ccccc3)cc21. The predicted octanol–water partition coefficient (Wildman–Crippen LogP) is 16.5. The summed E-state index contributed by atoms with van der Waals surface area (Å²) in [6.07, 6.45) is 0. The molecule has 0 amide bonds. The number of benzene rings is 9. The molecule has 0 unspecified atom stereocenters. The molecule has 1 nitrogen and oxygen atoms in total. The monoisotopic (exact) mass is 771 g/mol. The normalized spacial score (nSPS) is 12.7. The molecule has 0 N–H and O–H groups in total. The minimum atomic E-state index is -0.147. The Hall–Kier alpha value is -7.00. The third-order valence-electron chi connectivity index (χ3n) is 12.3. The minimum Gasteiger partial charge on any atom is -0.310 e. The summed E-state index contributed by atoms with van der Waals surface area (Å²) in [6, 6.07) is 78.2. The van der Waals surface area contributed by atoms with Crippen molar-refractivity contribution in [3.63, 3.8) is 0 Å². The second-order valence-corrected chi connectivity index (χ2v) is 17.2. The molecule has 9 aromatic carbocycles. The number of hydrogen-bond acceptors (Lipinski definition) is 2. The maximum absolute atomic E-state index is 2.52. The molecular formula is C57H41NS. The van der Waals surface area contributed by atoms with E-state index >= 15 is 0 Å². The van der Waals surface area contributed by atoms with Gasteiger partial charge in [-0.3, -0.25) is 0 Å². The number of anilines is 3. The summed E-state index contributed by atoms with van der Waals surface area (Å²) in [5.41, 5.74) is 18.3. The van der Waals surface area contributed by atoms with Gasteiger partial charge >= 0.3 is 0 Å². The van der Waals surface area contributed by atoms with Crippen LogP contribution >= 0.6 is 11.3 Å². The van der Waals surface area contributed by atoms with E-state index in [-0.39, 0.29) is 5.41 Å². The maximum atomic E-state index is 2.52. The molecule has 1 aliphatic rings. The van der Waals surface area contributed by atoms with E-state index in [0.29, 0.717) is 0 Å². The van der Waals surface area contributed by atoms with Gasteiger partial charge in [0.15, 0.2) is 0 Å². The van der Waals surface area contributed by atoms with Gasteiger partial charge in [0.05, 0.1) is 5.69 Å². The first-order valence-electron chi connectivity index (χ1n) is 20.4. The molecule has 280 valence electrons. The first-order chi connectivity index (χ1) is 29.0. The average Bonchev–Trinajstić information content (AvgIpc) is 3.79. The highest BCUT2D eigenvalue weighted by molar-refractivity contribution is 7.26. The molecule has 0 atom stereocenters. The summed E-state index contributed by atoms with van der Waals surface area (Å²) in [6.45, 7) is 4.74. The molecule has 0 bridgehead atoms. The second-order valence-electron chi connectivity index (χ2n) is 16.1. The fourth-order valence-electron chi connectivity index (χ4n) is 9.28. The Bertz CT molecular complexity index is 3160. The first-order valence-corrected chi connectivity index (χ1v) is 21.2. The van der Waals surface area contributed by atoms with E-state index in [2.05, 4.69) is 231 Å². The Kier molecular flexibility index (Phi) is 8.43. The van der Waals surface area contributed by atoms with Crippen molar-refractivity contribution < 1.29 is 0 Å². The smallest absolute Gasteiger partial charge is 0.0540 e. The molecule has 2 heteroatoms. The Morgan fingerprint density at radius 3 is 1.66 bits per heavy atom. The topological polar surface area (TPSA) is 3.24 Å². The van der Waals surface area contributed by atoms with Crippen molar-refractivity contribution in [3.05, 3.63) is 223 Å². The van der Waals surface area contributed by atoms with E-state index in [1.807, 2.05) is 11.3 Å². The third kappa shape index (κ3) is 5.99. The number of hydrogen-bond donors (Lipinski definition) is 0. The number of nitrogens with zero attached hydrogens (tertiary/aromatic N) is 1. The van der Waals surface area contributed by atoms with Crippen LogP contribution in [0.5, 0.6) is 0 Å². The van der Waals surface area contributed by atoms with Crippen LogP contribution in [-0.2, 0) is 5.41 Å². The van der Waals surface area contributed by atoms with Gasteiger partial charge in [-0.05, 0) is 98.1 Å². The van der Waals surface area contributed by atoms with Gasteiger partial charge in [0.1, 0.15) is 0 Å². The van der Waals surface area contributed by atoms with Crippen molar-refractivity contribution in [1.29, 1.82) is 0 Å². The molecule has 0 fully saturated rings.